The van der Waals surface area contributed by atoms with Gasteiger partial charge in [0.2, 0.25) is 0 Å². The molecule has 6 heteroatoms. The molecule has 0 radical (unpaired) electrons. The van der Waals surface area contributed by atoms with Crippen molar-refractivity contribution < 1.29 is 4.74 Å². The van der Waals surface area contributed by atoms with E-state index in [1.807, 2.05) is 0 Å². The monoisotopic (exact) mass is 225 g/mol. The van der Waals surface area contributed by atoms with E-state index in [1.165, 1.54) is 6.42 Å². The topological polar surface area (TPSA) is 64.5 Å². The number of rotatable bonds is 4. The summed E-state index contributed by atoms with van der Waals surface area (Å²) in [6.07, 6.45) is 1.23. The molecule has 2 fully saturated rings. The zero-order chi connectivity index (χ0) is 11.2. The molecule has 0 N–H and O–H groups in total. The van der Waals surface area contributed by atoms with Gasteiger partial charge in [0.15, 0.2) is 0 Å². The van der Waals surface area contributed by atoms with Crippen LogP contribution in [0.15, 0.2) is 5.11 Å². The molecular formula is C10H19N5O. The first kappa shape index (κ1) is 11.7. The van der Waals surface area contributed by atoms with Crippen molar-refractivity contribution in [1.29, 1.82) is 0 Å². The Labute approximate surface area is 95.8 Å². The Balaban J connectivity index is 1.71. The van der Waals surface area contributed by atoms with E-state index >= 15 is 0 Å². The zero-order valence-corrected chi connectivity index (χ0v) is 9.59. The van der Waals surface area contributed by atoms with Crippen molar-refractivity contribution in [3.63, 3.8) is 0 Å². The van der Waals surface area contributed by atoms with Crippen LogP contribution in [-0.2, 0) is 4.74 Å². The van der Waals surface area contributed by atoms with Crippen LogP contribution in [0.1, 0.15) is 6.42 Å². The lowest BCUT2D eigenvalue weighted by Crippen LogP contribution is -2.44. The summed E-state index contributed by atoms with van der Waals surface area (Å²) >= 11 is 0. The van der Waals surface area contributed by atoms with Gasteiger partial charge >= 0.3 is 0 Å². The number of morpholine rings is 1. The molecule has 2 saturated heterocycles. The van der Waals surface area contributed by atoms with Crippen LogP contribution in [0.4, 0.5) is 0 Å². The molecule has 0 aromatic carbocycles. The third-order valence-corrected chi connectivity index (χ3v) is 3.39. The van der Waals surface area contributed by atoms with Crippen molar-refractivity contribution in [2.24, 2.45) is 5.11 Å². The number of nitrogens with zero attached hydrogens (tertiary/aromatic N) is 5. The lowest BCUT2D eigenvalue weighted by atomic mass is 10.2. The molecule has 90 valence electrons. The minimum absolute atomic E-state index is 0.590. The first-order valence-corrected chi connectivity index (χ1v) is 5.95. The van der Waals surface area contributed by atoms with Crippen LogP contribution in [-0.4, -0.2) is 68.3 Å². The Bertz CT molecular complexity index is 260. The van der Waals surface area contributed by atoms with Gasteiger partial charge in [-0.05, 0) is 18.5 Å². The Hall–Kier alpha value is -0.810. The summed E-state index contributed by atoms with van der Waals surface area (Å²) in [5.74, 6) is 0. The van der Waals surface area contributed by atoms with Crippen LogP contribution in [0.5, 0.6) is 0 Å². The van der Waals surface area contributed by atoms with E-state index in [9.17, 15) is 0 Å². The van der Waals surface area contributed by atoms with Gasteiger partial charge in [0, 0.05) is 43.7 Å². The molecule has 2 aliphatic rings. The molecule has 1 unspecified atom stereocenters. The summed E-state index contributed by atoms with van der Waals surface area (Å²) in [4.78, 5) is 7.69. The third-order valence-electron chi connectivity index (χ3n) is 3.39. The highest BCUT2D eigenvalue weighted by atomic mass is 16.5. The number of ether oxygens (including phenoxy) is 1. The quantitative estimate of drug-likeness (QED) is 0.402. The summed E-state index contributed by atoms with van der Waals surface area (Å²) in [7, 11) is 0. The second kappa shape index (κ2) is 6.06. The van der Waals surface area contributed by atoms with Crippen LogP contribution >= 0.6 is 0 Å². The molecule has 0 saturated carbocycles. The van der Waals surface area contributed by atoms with E-state index in [0.29, 0.717) is 12.6 Å². The summed E-state index contributed by atoms with van der Waals surface area (Å²) in [6, 6.07) is 0.676. The third kappa shape index (κ3) is 3.09. The van der Waals surface area contributed by atoms with Crippen LogP contribution in [0, 0.1) is 0 Å². The molecule has 1 atom stereocenters. The standard InChI is InChI=1S/C10H19N5O/c11-13-12-2-4-14-3-1-10(9-14)15-5-7-16-8-6-15/h10H,1-9H2. The SMILES string of the molecule is [N-]=[N+]=NCCN1CCC(N2CCOCC2)C1. The summed E-state index contributed by atoms with van der Waals surface area (Å²) in [6.45, 7) is 7.59. The van der Waals surface area contributed by atoms with Crippen molar-refractivity contribution in [3.8, 4) is 0 Å². The molecule has 2 rings (SSSR count). The Morgan fingerprint density at radius 1 is 1.31 bits per heavy atom. The fourth-order valence-electron chi connectivity index (χ4n) is 2.49. The molecule has 0 aromatic heterocycles. The number of hydrogen-bond donors (Lipinski definition) is 0. The predicted octanol–water partition coefficient (Wildman–Crippen LogP) is 0.703. The largest absolute Gasteiger partial charge is 0.379 e. The molecular weight excluding hydrogens is 206 g/mol. The zero-order valence-electron chi connectivity index (χ0n) is 9.59. The van der Waals surface area contributed by atoms with Crippen molar-refractivity contribution in [2.75, 3.05) is 52.5 Å². The van der Waals surface area contributed by atoms with E-state index < -0.39 is 0 Å². The first-order valence-electron chi connectivity index (χ1n) is 5.95. The Kier molecular flexibility index (Phi) is 4.42. The van der Waals surface area contributed by atoms with Crippen LogP contribution in [0.3, 0.4) is 0 Å². The molecule has 0 aliphatic carbocycles. The van der Waals surface area contributed by atoms with E-state index in [1.54, 1.807) is 0 Å². The highest BCUT2D eigenvalue weighted by Gasteiger charge is 2.27. The maximum atomic E-state index is 8.21. The molecule has 0 amide bonds. The van der Waals surface area contributed by atoms with Crippen LogP contribution in [0.2, 0.25) is 0 Å². The molecule has 0 aromatic rings. The van der Waals surface area contributed by atoms with E-state index in [4.69, 9.17) is 10.3 Å². The second-order valence-corrected chi connectivity index (χ2v) is 4.35. The van der Waals surface area contributed by atoms with Gasteiger partial charge in [-0.2, -0.15) is 0 Å². The molecule has 2 heterocycles. The lowest BCUT2D eigenvalue weighted by Gasteiger charge is -2.32. The second-order valence-electron chi connectivity index (χ2n) is 4.35. The predicted molar refractivity (Wildman–Crippen MR) is 61.3 cm³/mol. The average molecular weight is 225 g/mol. The van der Waals surface area contributed by atoms with Gasteiger partial charge < -0.3 is 9.64 Å². The molecule has 0 bridgehead atoms. The average Bonchev–Trinajstić information content (AvgIpc) is 2.79. The highest BCUT2D eigenvalue weighted by molar-refractivity contribution is 4.84. The van der Waals surface area contributed by atoms with Crippen molar-refractivity contribution in [2.45, 2.75) is 12.5 Å². The van der Waals surface area contributed by atoms with Gasteiger partial charge in [-0.25, -0.2) is 0 Å². The number of likely N-dealkylation sites (tertiary alicyclic amines) is 1. The first-order chi connectivity index (χ1) is 7.90. The van der Waals surface area contributed by atoms with Crippen molar-refractivity contribution >= 4 is 0 Å². The highest BCUT2D eigenvalue weighted by Crippen LogP contribution is 2.16. The fraction of sp³-hybridized carbons (Fsp3) is 1.00. The van der Waals surface area contributed by atoms with Crippen LogP contribution < -0.4 is 0 Å². The maximum absolute atomic E-state index is 8.21. The molecule has 6 nitrogen and oxygen atoms in total. The molecule has 0 spiro atoms. The van der Waals surface area contributed by atoms with E-state index in [2.05, 4.69) is 19.8 Å². The van der Waals surface area contributed by atoms with Crippen molar-refractivity contribution in [3.05, 3.63) is 10.4 Å². The Morgan fingerprint density at radius 2 is 2.12 bits per heavy atom. The van der Waals surface area contributed by atoms with Gasteiger partial charge in [-0.1, -0.05) is 5.11 Å². The number of azide groups is 1. The van der Waals surface area contributed by atoms with Gasteiger partial charge in [0.1, 0.15) is 0 Å². The van der Waals surface area contributed by atoms with E-state index in [-0.39, 0.29) is 0 Å². The van der Waals surface area contributed by atoms with Gasteiger partial charge in [-0.3, -0.25) is 4.90 Å². The van der Waals surface area contributed by atoms with Crippen molar-refractivity contribution in [1.82, 2.24) is 9.80 Å². The minimum Gasteiger partial charge on any atom is -0.379 e. The Morgan fingerprint density at radius 3 is 2.88 bits per heavy atom. The summed E-state index contributed by atoms with van der Waals surface area (Å²) in [5, 5.41) is 3.58. The van der Waals surface area contributed by atoms with Crippen LogP contribution in [0.25, 0.3) is 10.4 Å². The van der Waals surface area contributed by atoms with Gasteiger partial charge in [-0.15, -0.1) is 0 Å². The lowest BCUT2D eigenvalue weighted by molar-refractivity contribution is 0.0186. The normalized spacial score (nSPS) is 27.9. The molecule has 2 aliphatic heterocycles. The molecule has 16 heavy (non-hydrogen) atoms. The number of hydrogen-bond acceptors (Lipinski definition) is 4. The smallest absolute Gasteiger partial charge is 0.0594 e. The summed E-state index contributed by atoms with van der Waals surface area (Å²) < 4.78 is 5.36. The van der Waals surface area contributed by atoms with Gasteiger partial charge in [0.25, 0.3) is 0 Å². The maximum Gasteiger partial charge on any atom is 0.0594 e. The van der Waals surface area contributed by atoms with E-state index in [0.717, 1.165) is 45.9 Å². The minimum atomic E-state index is 0.590. The summed E-state index contributed by atoms with van der Waals surface area (Å²) in [5.41, 5.74) is 8.21. The van der Waals surface area contributed by atoms with Gasteiger partial charge in [0.05, 0.1) is 13.2 Å². The fourth-order valence-corrected chi connectivity index (χ4v) is 2.49.